The van der Waals surface area contributed by atoms with Crippen molar-refractivity contribution in [2.24, 2.45) is 5.16 Å². The molecule has 1 saturated heterocycles. The number of oxime groups is 1. The standard InChI is InChI=1S/C14H27NO4Si/c1-14(2,3)20(5,6)19-13-11(15-17-4)8-10-18-12(13)7-9-16/h9,12-13H,7-8,10H2,1-6H3/b15-11-/t12-,13-/m0/s1. The van der Waals surface area contributed by atoms with Gasteiger partial charge in [-0.3, -0.25) is 0 Å². The van der Waals surface area contributed by atoms with E-state index < -0.39 is 8.32 Å². The molecule has 1 heterocycles. The van der Waals surface area contributed by atoms with E-state index in [9.17, 15) is 4.79 Å². The van der Waals surface area contributed by atoms with E-state index in [1.807, 2.05) is 0 Å². The minimum atomic E-state index is -1.97. The highest BCUT2D eigenvalue weighted by Gasteiger charge is 2.43. The number of carbonyl (C=O) groups is 1. The average molecular weight is 301 g/mol. The predicted octanol–water partition coefficient (Wildman–Crippen LogP) is 2.76. The first-order valence-electron chi connectivity index (χ1n) is 7.06. The first kappa shape index (κ1) is 17.3. The lowest BCUT2D eigenvalue weighted by molar-refractivity contribution is -0.112. The van der Waals surface area contributed by atoms with Gasteiger partial charge in [-0.2, -0.15) is 0 Å². The minimum Gasteiger partial charge on any atom is -0.406 e. The third-order valence-electron chi connectivity index (χ3n) is 4.12. The molecule has 0 amide bonds. The Labute approximate surface area is 122 Å². The topological polar surface area (TPSA) is 57.1 Å². The molecule has 5 nitrogen and oxygen atoms in total. The molecule has 1 fully saturated rings. The fourth-order valence-corrected chi connectivity index (χ4v) is 3.17. The smallest absolute Gasteiger partial charge is 0.193 e. The molecule has 0 bridgehead atoms. The zero-order chi connectivity index (χ0) is 15.4. The van der Waals surface area contributed by atoms with Crippen LogP contribution in [0.15, 0.2) is 5.16 Å². The molecule has 0 aromatic heterocycles. The zero-order valence-corrected chi connectivity index (χ0v) is 14.4. The Bertz CT molecular complexity index is 363. The van der Waals surface area contributed by atoms with Crippen molar-refractivity contribution in [1.82, 2.24) is 0 Å². The largest absolute Gasteiger partial charge is 0.406 e. The zero-order valence-electron chi connectivity index (χ0n) is 13.4. The van der Waals surface area contributed by atoms with Gasteiger partial charge in [-0.15, -0.1) is 0 Å². The van der Waals surface area contributed by atoms with Crippen LogP contribution in [0, 0.1) is 0 Å². The summed E-state index contributed by atoms with van der Waals surface area (Å²) in [6.07, 6.45) is 1.34. The molecule has 0 N–H and O–H groups in total. The van der Waals surface area contributed by atoms with Crippen LogP contribution >= 0.6 is 0 Å². The number of nitrogens with zero attached hydrogens (tertiary/aromatic N) is 1. The van der Waals surface area contributed by atoms with Crippen molar-refractivity contribution in [1.29, 1.82) is 0 Å². The summed E-state index contributed by atoms with van der Waals surface area (Å²) >= 11 is 0. The highest BCUT2D eigenvalue weighted by atomic mass is 28.4. The summed E-state index contributed by atoms with van der Waals surface area (Å²) in [7, 11) is -0.438. The molecule has 0 radical (unpaired) electrons. The summed E-state index contributed by atoms with van der Waals surface area (Å²) in [5.41, 5.74) is 0.843. The quantitative estimate of drug-likeness (QED) is 0.445. The van der Waals surface area contributed by atoms with Crippen molar-refractivity contribution in [3.05, 3.63) is 0 Å². The first-order valence-corrected chi connectivity index (χ1v) is 9.96. The van der Waals surface area contributed by atoms with Gasteiger partial charge in [0, 0.05) is 12.8 Å². The van der Waals surface area contributed by atoms with Gasteiger partial charge in [0.15, 0.2) is 8.32 Å². The Balaban J connectivity index is 2.98. The van der Waals surface area contributed by atoms with Gasteiger partial charge < -0.3 is 18.8 Å². The molecule has 116 valence electrons. The number of ether oxygens (including phenoxy) is 1. The molecule has 1 aliphatic rings. The molecular weight excluding hydrogens is 274 g/mol. The number of aldehydes is 1. The number of hydrogen-bond donors (Lipinski definition) is 0. The van der Waals surface area contributed by atoms with Crippen LogP contribution in [-0.2, 0) is 18.8 Å². The molecule has 0 saturated carbocycles. The van der Waals surface area contributed by atoms with Gasteiger partial charge in [-0.25, -0.2) is 0 Å². The lowest BCUT2D eigenvalue weighted by Crippen LogP contribution is -2.52. The van der Waals surface area contributed by atoms with E-state index >= 15 is 0 Å². The number of rotatable bonds is 5. The third kappa shape index (κ3) is 4.13. The lowest BCUT2D eigenvalue weighted by Gasteiger charge is -2.42. The second-order valence-electron chi connectivity index (χ2n) is 6.63. The van der Waals surface area contributed by atoms with Crippen molar-refractivity contribution in [3.8, 4) is 0 Å². The van der Waals surface area contributed by atoms with Crippen molar-refractivity contribution >= 4 is 20.3 Å². The van der Waals surface area contributed by atoms with Crippen molar-refractivity contribution < 1.29 is 18.8 Å². The molecule has 1 aliphatic heterocycles. The maximum Gasteiger partial charge on any atom is 0.193 e. The van der Waals surface area contributed by atoms with Gasteiger partial charge in [0.1, 0.15) is 19.5 Å². The molecule has 0 aromatic rings. The Kier molecular flexibility index (Phi) is 5.91. The fourth-order valence-electron chi connectivity index (χ4n) is 1.90. The highest BCUT2D eigenvalue weighted by Crippen LogP contribution is 2.38. The summed E-state index contributed by atoms with van der Waals surface area (Å²) in [5, 5.41) is 4.17. The molecule has 20 heavy (non-hydrogen) atoms. The van der Waals surface area contributed by atoms with Gasteiger partial charge in [-0.1, -0.05) is 25.9 Å². The van der Waals surface area contributed by atoms with Crippen LogP contribution in [0.4, 0.5) is 0 Å². The summed E-state index contributed by atoms with van der Waals surface area (Å²) in [4.78, 5) is 15.8. The van der Waals surface area contributed by atoms with Crippen LogP contribution in [0.2, 0.25) is 18.1 Å². The van der Waals surface area contributed by atoms with Crippen LogP contribution in [-0.4, -0.2) is 46.2 Å². The van der Waals surface area contributed by atoms with E-state index in [0.29, 0.717) is 19.4 Å². The van der Waals surface area contributed by atoms with Gasteiger partial charge >= 0.3 is 0 Å². The fraction of sp³-hybridized carbons (Fsp3) is 0.857. The summed E-state index contributed by atoms with van der Waals surface area (Å²) in [5.74, 6) is 0. The van der Waals surface area contributed by atoms with Crippen LogP contribution < -0.4 is 0 Å². The Hall–Kier alpha value is -0.723. The first-order chi connectivity index (χ1) is 9.23. The van der Waals surface area contributed by atoms with Gasteiger partial charge in [-0.05, 0) is 18.1 Å². The Morgan fingerprint density at radius 1 is 1.45 bits per heavy atom. The molecule has 6 heteroatoms. The minimum absolute atomic E-state index is 0.0916. The molecule has 0 aliphatic carbocycles. The monoisotopic (exact) mass is 301 g/mol. The van der Waals surface area contributed by atoms with E-state index in [2.05, 4.69) is 39.0 Å². The van der Waals surface area contributed by atoms with E-state index in [-0.39, 0.29) is 17.2 Å². The average Bonchev–Trinajstić information content (AvgIpc) is 2.32. The maximum atomic E-state index is 10.9. The molecule has 0 unspecified atom stereocenters. The van der Waals surface area contributed by atoms with Crippen LogP contribution in [0.1, 0.15) is 33.6 Å². The predicted molar refractivity (Wildman–Crippen MR) is 81.6 cm³/mol. The van der Waals surface area contributed by atoms with Crippen LogP contribution in [0.5, 0.6) is 0 Å². The van der Waals surface area contributed by atoms with Gasteiger partial charge in [0.05, 0.1) is 18.4 Å². The summed E-state index contributed by atoms with van der Waals surface area (Å²) < 4.78 is 12.1. The molecule has 0 spiro atoms. The second-order valence-corrected chi connectivity index (χ2v) is 11.4. The third-order valence-corrected chi connectivity index (χ3v) is 8.58. The molecule has 2 atom stereocenters. The van der Waals surface area contributed by atoms with Crippen molar-refractivity contribution in [2.45, 2.75) is 64.0 Å². The second kappa shape index (κ2) is 6.82. The normalized spacial score (nSPS) is 26.6. The Morgan fingerprint density at radius 3 is 2.60 bits per heavy atom. The number of hydrogen-bond acceptors (Lipinski definition) is 5. The van der Waals surface area contributed by atoms with Crippen LogP contribution in [0.25, 0.3) is 0 Å². The van der Waals surface area contributed by atoms with Gasteiger partial charge in [0.25, 0.3) is 0 Å². The summed E-state index contributed by atoms with van der Waals surface area (Å²) in [6, 6.07) is 0. The van der Waals surface area contributed by atoms with Crippen molar-refractivity contribution in [3.63, 3.8) is 0 Å². The molecular formula is C14H27NO4Si. The highest BCUT2D eigenvalue weighted by molar-refractivity contribution is 6.74. The molecule has 0 aromatic carbocycles. The van der Waals surface area contributed by atoms with E-state index in [4.69, 9.17) is 14.0 Å². The lowest BCUT2D eigenvalue weighted by atomic mass is 10.0. The molecule has 1 rings (SSSR count). The Morgan fingerprint density at radius 2 is 2.10 bits per heavy atom. The van der Waals surface area contributed by atoms with E-state index in [1.54, 1.807) is 0 Å². The van der Waals surface area contributed by atoms with E-state index in [1.165, 1.54) is 7.11 Å². The number of carbonyl (C=O) groups excluding carboxylic acids is 1. The SMILES string of the molecule is CO/N=C1/CCO[C@@H](CC=O)[C@H]1O[Si](C)(C)C(C)(C)C. The maximum absolute atomic E-state index is 10.9. The summed E-state index contributed by atoms with van der Waals surface area (Å²) in [6.45, 7) is 11.5. The van der Waals surface area contributed by atoms with Crippen molar-refractivity contribution in [2.75, 3.05) is 13.7 Å². The van der Waals surface area contributed by atoms with E-state index in [0.717, 1.165) is 12.0 Å². The van der Waals surface area contributed by atoms with Crippen LogP contribution in [0.3, 0.4) is 0 Å². The van der Waals surface area contributed by atoms with Gasteiger partial charge in [0.2, 0.25) is 0 Å².